The molecule has 0 aliphatic heterocycles. The zero-order valence-corrected chi connectivity index (χ0v) is 11.5. The van der Waals surface area contributed by atoms with Gasteiger partial charge < -0.3 is 15.2 Å². The summed E-state index contributed by atoms with van der Waals surface area (Å²) >= 11 is 0. The lowest BCUT2D eigenvalue weighted by atomic mass is 10.1. The van der Waals surface area contributed by atoms with Gasteiger partial charge in [-0.2, -0.15) is 0 Å². The summed E-state index contributed by atoms with van der Waals surface area (Å²) in [6.45, 7) is 0.240. The van der Waals surface area contributed by atoms with Crippen molar-refractivity contribution >= 4 is 6.09 Å². The number of hydrogen-bond acceptors (Lipinski definition) is 3. The van der Waals surface area contributed by atoms with Crippen LogP contribution in [-0.2, 0) is 11.3 Å². The van der Waals surface area contributed by atoms with E-state index in [4.69, 9.17) is 4.74 Å². The molecule has 2 atom stereocenters. The molecule has 0 saturated heterocycles. The molecule has 1 amide bonds. The van der Waals surface area contributed by atoms with E-state index in [-0.39, 0.29) is 12.6 Å². The number of carbonyl (C=O) groups is 1. The normalized spacial score (nSPS) is 19.9. The Bertz CT molecular complexity index is 627. The standard InChI is InChI=1S/C17H17NO3/c19-16-10-15(13-8-4-5-9-14(13)16)18-17(20)21-11-12-6-2-1-3-7-12/h1-9,15-16,19H,10-11H2,(H,18,20)/t15-,16-/m1/s1. The quantitative estimate of drug-likeness (QED) is 0.910. The molecule has 3 rings (SSSR count). The summed E-state index contributed by atoms with van der Waals surface area (Å²) in [5.74, 6) is 0. The molecular weight excluding hydrogens is 266 g/mol. The molecule has 2 aromatic carbocycles. The van der Waals surface area contributed by atoms with Crippen molar-refractivity contribution in [3.05, 3.63) is 71.3 Å². The molecule has 4 heteroatoms. The molecule has 0 bridgehead atoms. The maximum absolute atomic E-state index is 11.9. The Hall–Kier alpha value is -2.33. The number of amides is 1. The minimum absolute atomic E-state index is 0.195. The minimum atomic E-state index is -0.527. The summed E-state index contributed by atoms with van der Waals surface area (Å²) in [4.78, 5) is 11.9. The summed E-state index contributed by atoms with van der Waals surface area (Å²) in [5.41, 5.74) is 2.78. The third kappa shape index (κ3) is 3.06. The van der Waals surface area contributed by atoms with Crippen molar-refractivity contribution in [3.63, 3.8) is 0 Å². The Morgan fingerprint density at radius 2 is 1.76 bits per heavy atom. The van der Waals surface area contributed by atoms with E-state index in [1.54, 1.807) is 0 Å². The average Bonchev–Trinajstić information content (AvgIpc) is 2.83. The molecular formula is C17H17NO3. The Morgan fingerprint density at radius 3 is 2.52 bits per heavy atom. The first kappa shape index (κ1) is 13.6. The van der Waals surface area contributed by atoms with Crippen LogP contribution in [0.25, 0.3) is 0 Å². The number of aliphatic hydroxyl groups is 1. The molecule has 21 heavy (non-hydrogen) atoms. The number of alkyl carbamates (subject to hydrolysis) is 1. The van der Waals surface area contributed by atoms with Crippen LogP contribution < -0.4 is 5.32 Å². The highest BCUT2D eigenvalue weighted by atomic mass is 16.5. The first-order valence-electron chi connectivity index (χ1n) is 6.98. The second kappa shape index (κ2) is 5.97. The Morgan fingerprint density at radius 1 is 1.10 bits per heavy atom. The van der Waals surface area contributed by atoms with Crippen molar-refractivity contribution in [2.24, 2.45) is 0 Å². The van der Waals surface area contributed by atoms with Gasteiger partial charge in [-0.3, -0.25) is 0 Å². The zero-order chi connectivity index (χ0) is 14.7. The number of aliphatic hydroxyl groups excluding tert-OH is 1. The number of ether oxygens (including phenoxy) is 1. The molecule has 108 valence electrons. The molecule has 1 aliphatic carbocycles. The number of rotatable bonds is 3. The van der Waals surface area contributed by atoms with Crippen LogP contribution in [0, 0.1) is 0 Å². The van der Waals surface area contributed by atoms with Gasteiger partial charge in [0.2, 0.25) is 0 Å². The SMILES string of the molecule is O=C(N[C@@H]1C[C@@H](O)c2ccccc21)OCc1ccccc1. The molecule has 0 heterocycles. The summed E-state index contributed by atoms with van der Waals surface area (Å²) < 4.78 is 5.21. The molecule has 2 N–H and O–H groups in total. The topological polar surface area (TPSA) is 58.6 Å². The minimum Gasteiger partial charge on any atom is -0.445 e. The van der Waals surface area contributed by atoms with Crippen LogP contribution in [0.4, 0.5) is 4.79 Å². The van der Waals surface area contributed by atoms with Gasteiger partial charge in [0.15, 0.2) is 0 Å². The van der Waals surface area contributed by atoms with E-state index in [1.807, 2.05) is 54.6 Å². The smallest absolute Gasteiger partial charge is 0.407 e. The van der Waals surface area contributed by atoms with Crippen molar-refractivity contribution in [1.82, 2.24) is 5.32 Å². The van der Waals surface area contributed by atoms with E-state index >= 15 is 0 Å². The molecule has 1 aliphatic rings. The van der Waals surface area contributed by atoms with Gasteiger partial charge in [0, 0.05) is 6.42 Å². The Kier molecular flexibility index (Phi) is 3.88. The number of hydrogen-bond donors (Lipinski definition) is 2. The largest absolute Gasteiger partial charge is 0.445 e. The fourth-order valence-electron chi connectivity index (χ4n) is 2.65. The van der Waals surface area contributed by atoms with Crippen LogP contribution in [0.1, 0.15) is 35.3 Å². The molecule has 0 radical (unpaired) electrons. The van der Waals surface area contributed by atoms with Crippen molar-refractivity contribution in [2.75, 3.05) is 0 Å². The molecule has 2 aromatic rings. The number of fused-ring (bicyclic) bond motifs is 1. The average molecular weight is 283 g/mol. The maximum Gasteiger partial charge on any atom is 0.407 e. The van der Waals surface area contributed by atoms with Gasteiger partial charge in [0.25, 0.3) is 0 Å². The number of benzene rings is 2. The van der Waals surface area contributed by atoms with Gasteiger partial charge in [-0.05, 0) is 16.7 Å². The van der Waals surface area contributed by atoms with E-state index < -0.39 is 12.2 Å². The Balaban J connectivity index is 1.59. The van der Waals surface area contributed by atoms with Gasteiger partial charge >= 0.3 is 6.09 Å². The first-order chi connectivity index (χ1) is 10.2. The van der Waals surface area contributed by atoms with Gasteiger partial charge in [-0.1, -0.05) is 54.6 Å². The molecule has 0 spiro atoms. The van der Waals surface area contributed by atoms with Crippen LogP contribution in [0.2, 0.25) is 0 Å². The second-order valence-corrected chi connectivity index (χ2v) is 5.14. The highest BCUT2D eigenvalue weighted by molar-refractivity contribution is 5.68. The van der Waals surface area contributed by atoms with Crippen molar-refractivity contribution < 1.29 is 14.6 Å². The van der Waals surface area contributed by atoms with Crippen LogP contribution in [-0.4, -0.2) is 11.2 Å². The van der Waals surface area contributed by atoms with Crippen LogP contribution in [0.3, 0.4) is 0 Å². The van der Waals surface area contributed by atoms with E-state index in [2.05, 4.69) is 5.32 Å². The van der Waals surface area contributed by atoms with Crippen molar-refractivity contribution in [2.45, 2.75) is 25.2 Å². The van der Waals surface area contributed by atoms with Gasteiger partial charge in [-0.25, -0.2) is 4.79 Å². The third-order valence-electron chi connectivity index (χ3n) is 3.69. The van der Waals surface area contributed by atoms with Crippen LogP contribution in [0.5, 0.6) is 0 Å². The van der Waals surface area contributed by atoms with E-state index in [0.29, 0.717) is 6.42 Å². The summed E-state index contributed by atoms with van der Waals surface area (Å²) in [5, 5.41) is 12.8. The zero-order valence-electron chi connectivity index (χ0n) is 11.5. The predicted molar refractivity (Wildman–Crippen MR) is 78.5 cm³/mol. The summed E-state index contributed by atoms with van der Waals surface area (Å²) in [6, 6.07) is 16.9. The fourth-order valence-corrected chi connectivity index (χ4v) is 2.65. The first-order valence-corrected chi connectivity index (χ1v) is 6.98. The van der Waals surface area contributed by atoms with Crippen LogP contribution >= 0.6 is 0 Å². The molecule has 0 aromatic heterocycles. The maximum atomic E-state index is 11.9. The predicted octanol–water partition coefficient (Wildman–Crippen LogP) is 3.09. The number of nitrogens with one attached hydrogen (secondary N) is 1. The highest BCUT2D eigenvalue weighted by Gasteiger charge is 2.30. The third-order valence-corrected chi connectivity index (χ3v) is 3.69. The highest BCUT2D eigenvalue weighted by Crippen LogP contribution is 2.38. The van der Waals surface area contributed by atoms with E-state index in [9.17, 15) is 9.90 Å². The van der Waals surface area contributed by atoms with Crippen molar-refractivity contribution in [1.29, 1.82) is 0 Å². The monoisotopic (exact) mass is 283 g/mol. The van der Waals surface area contributed by atoms with Crippen molar-refractivity contribution in [3.8, 4) is 0 Å². The summed E-state index contributed by atoms with van der Waals surface area (Å²) in [6.07, 6.45) is -0.506. The van der Waals surface area contributed by atoms with E-state index in [1.165, 1.54) is 0 Å². The fraction of sp³-hybridized carbons (Fsp3) is 0.235. The molecule has 0 fully saturated rings. The molecule has 4 nitrogen and oxygen atoms in total. The molecule has 0 saturated carbocycles. The van der Waals surface area contributed by atoms with Crippen LogP contribution in [0.15, 0.2) is 54.6 Å². The lowest BCUT2D eigenvalue weighted by molar-refractivity contribution is 0.129. The number of carbonyl (C=O) groups excluding carboxylic acids is 1. The molecule has 0 unspecified atom stereocenters. The van der Waals surface area contributed by atoms with Gasteiger partial charge in [-0.15, -0.1) is 0 Å². The summed E-state index contributed by atoms with van der Waals surface area (Å²) in [7, 11) is 0. The lowest BCUT2D eigenvalue weighted by Gasteiger charge is -2.14. The van der Waals surface area contributed by atoms with Gasteiger partial charge in [0.05, 0.1) is 12.1 Å². The second-order valence-electron chi connectivity index (χ2n) is 5.14. The van der Waals surface area contributed by atoms with Gasteiger partial charge in [0.1, 0.15) is 6.61 Å². The lowest BCUT2D eigenvalue weighted by Crippen LogP contribution is -2.27. The van der Waals surface area contributed by atoms with E-state index in [0.717, 1.165) is 16.7 Å². The Labute approximate surface area is 123 Å².